The van der Waals surface area contributed by atoms with Crippen molar-refractivity contribution in [3.63, 3.8) is 0 Å². The van der Waals surface area contributed by atoms with Gasteiger partial charge in [0.25, 0.3) is 0 Å². The molecule has 0 unspecified atom stereocenters. The van der Waals surface area contributed by atoms with E-state index in [9.17, 15) is 9.59 Å². The normalized spacial score (nSPS) is 9.86. The molecule has 0 aliphatic rings. The van der Waals surface area contributed by atoms with Crippen LogP contribution >= 0.6 is 15.9 Å². The first-order valence-corrected chi connectivity index (χ1v) is 5.46. The van der Waals surface area contributed by atoms with Gasteiger partial charge in [-0.2, -0.15) is 0 Å². The van der Waals surface area contributed by atoms with Crippen molar-refractivity contribution < 1.29 is 9.59 Å². The Morgan fingerprint density at radius 2 is 2.21 bits per heavy atom. The van der Waals surface area contributed by atoms with Crippen LogP contribution in [0.15, 0.2) is 18.2 Å². The zero-order chi connectivity index (χ0) is 10.6. The second-order valence-corrected chi connectivity index (χ2v) is 3.85. The third-order valence-electron chi connectivity index (χ3n) is 2.02. The van der Waals surface area contributed by atoms with Crippen LogP contribution in [0.2, 0.25) is 0 Å². The first-order chi connectivity index (χ1) is 6.69. The van der Waals surface area contributed by atoms with Crippen molar-refractivity contribution in [1.29, 1.82) is 0 Å². The Morgan fingerprint density at radius 3 is 2.79 bits per heavy atom. The van der Waals surface area contributed by atoms with Gasteiger partial charge in [0.05, 0.1) is 0 Å². The molecule has 0 saturated carbocycles. The number of aryl methyl sites for hydroxylation is 1. The molecule has 0 radical (unpaired) electrons. The van der Waals surface area contributed by atoms with Gasteiger partial charge in [0.2, 0.25) is 0 Å². The van der Waals surface area contributed by atoms with Crippen LogP contribution in [-0.2, 0) is 0 Å². The number of hydrogen-bond donors (Lipinski definition) is 0. The molecule has 1 aromatic rings. The van der Waals surface area contributed by atoms with E-state index in [-0.39, 0.29) is 5.78 Å². The van der Waals surface area contributed by atoms with E-state index in [0.29, 0.717) is 22.9 Å². The fourth-order valence-corrected chi connectivity index (χ4v) is 1.59. The zero-order valence-corrected chi connectivity index (χ0v) is 9.50. The number of aldehydes is 1. The highest BCUT2D eigenvalue weighted by Crippen LogP contribution is 2.13. The third kappa shape index (κ3) is 2.51. The Kier molecular flexibility index (Phi) is 4.01. The number of carbonyl (C=O) groups excluding carboxylic acids is 2. The molecule has 0 aromatic heterocycles. The molecule has 74 valence electrons. The summed E-state index contributed by atoms with van der Waals surface area (Å²) in [5, 5.41) is 0.649. The summed E-state index contributed by atoms with van der Waals surface area (Å²) < 4.78 is 0. The van der Waals surface area contributed by atoms with Crippen LogP contribution < -0.4 is 0 Å². The van der Waals surface area contributed by atoms with E-state index in [1.54, 1.807) is 18.2 Å². The lowest BCUT2D eigenvalue weighted by Gasteiger charge is -2.03. The maximum absolute atomic E-state index is 11.6. The van der Waals surface area contributed by atoms with Gasteiger partial charge in [-0.15, -0.1) is 0 Å². The maximum atomic E-state index is 11.6. The number of Topliss-reactive ketones (excluding diaryl/α,β-unsaturated/α-hetero) is 1. The summed E-state index contributed by atoms with van der Waals surface area (Å²) in [7, 11) is 0. The average Bonchev–Trinajstić information content (AvgIpc) is 2.19. The van der Waals surface area contributed by atoms with Crippen molar-refractivity contribution in [3.05, 3.63) is 34.9 Å². The highest BCUT2D eigenvalue weighted by atomic mass is 79.9. The second-order valence-electron chi connectivity index (χ2n) is 3.05. The molecule has 14 heavy (non-hydrogen) atoms. The molecule has 0 aliphatic carbocycles. The fourth-order valence-electron chi connectivity index (χ4n) is 1.23. The van der Waals surface area contributed by atoms with Crippen LogP contribution in [0.25, 0.3) is 0 Å². The summed E-state index contributed by atoms with van der Waals surface area (Å²) >= 11 is 3.22. The van der Waals surface area contributed by atoms with E-state index in [2.05, 4.69) is 15.9 Å². The molecule has 0 fully saturated rings. The van der Waals surface area contributed by atoms with Crippen LogP contribution in [0, 0.1) is 6.92 Å². The molecule has 0 spiro atoms. The minimum atomic E-state index is 0.0723. The first kappa shape index (κ1) is 11.1. The van der Waals surface area contributed by atoms with E-state index >= 15 is 0 Å². The Hall–Kier alpha value is -0.960. The maximum Gasteiger partial charge on any atom is 0.163 e. The van der Waals surface area contributed by atoms with Gasteiger partial charge in [-0.25, -0.2) is 0 Å². The van der Waals surface area contributed by atoms with Crippen molar-refractivity contribution in [2.45, 2.75) is 13.3 Å². The van der Waals surface area contributed by atoms with Crippen molar-refractivity contribution >= 4 is 28.0 Å². The lowest BCUT2D eigenvalue weighted by atomic mass is 10.0. The third-order valence-corrected chi connectivity index (χ3v) is 2.42. The number of benzene rings is 1. The molecule has 0 heterocycles. The van der Waals surface area contributed by atoms with Gasteiger partial charge in [-0.3, -0.25) is 9.59 Å². The van der Waals surface area contributed by atoms with Crippen LogP contribution in [0.4, 0.5) is 0 Å². The number of halogens is 1. The molecule has 0 bridgehead atoms. The summed E-state index contributed by atoms with van der Waals surface area (Å²) in [5.41, 5.74) is 2.11. The van der Waals surface area contributed by atoms with Crippen LogP contribution in [0.3, 0.4) is 0 Å². The zero-order valence-electron chi connectivity index (χ0n) is 7.92. The van der Waals surface area contributed by atoms with Crippen molar-refractivity contribution in [3.8, 4) is 0 Å². The van der Waals surface area contributed by atoms with E-state index in [0.717, 1.165) is 11.8 Å². The molecular formula is C11H11BrO2. The van der Waals surface area contributed by atoms with E-state index in [1.165, 1.54) is 0 Å². The van der Waals surface area contributed by atoms with Crippen LogP contribution in [0.1, 0.15) is 32.7 Å². The predicted molar refractivity (Wildman–Crippen MR) is 59.3 cm³/mol. The summed E-state index contributed by atoms with van der Waals surface area (Å²) in [6.45, 7) is 1.87. The van der Waals surface area contributed by atoms with Gasteiger partial charge in [0.1, 0.15) is 6.29 Å². The Bertz CT molecular complexity index is 358. The number of hydrogen-bond acceptors (Lipinski definition) is 2. The molecule has 3 heteroatoms. The number of alkyl halides is 1. The number of carbonyl (C=O) groups is 2. The first-order valence-electron chi connectivity index (χ1n) is 4.34. The molecule has 0 saturated heterocycles. The SMILES string of the molecule is Cc1ccc(C=O)cc1C(=O)CCBr. The topological polar surface area (TPSA) is 34.1 Å². The largest absolute Gasteiger partial charge is 0.298 e. The summed E-state index contributed by atoms with van der Waals surface area (Å²) in [5.74, 6) is 0.0723. The Morgan fingerprint density at radius 1 is 1.50 bits per heavy atom. The molecule has 1 aromatic carbocycles. The van der Waals surface area contributed by atoms with Crippen LogP contribution in [0.5, 0.6) is 0 Å². The van der Waals surface area contributed by atoms with E-state index in [1.807, 2.05) is 6.92 Å². The quantitative estimate of drug-likeness (QED) is 0.471. The minimum Gasteiger partial charge on any atom is -0.298 e. The van der Waals surface area contributed by atoms with Crippen molar-refractivity contribution in [2.75, 3.05) is 5.33 Å². The smallest absolute Gasteiger partial charge is 0.163 e. The average molecular weight is 255 g/mol. The van der Waals surface area contributed by atoms with Gasteiger partial charge in [-0.05, 0) is 18.6 Å². The molecule has 0 amide bonds. The molecule has 0 aliphatic heterocycles. The highest BCUT2D eigenvalue weighted by molar-refractivity contribution is 9.09. The van der Waals surface area contributed by atoms with Crippen LogP contribution in [-0.4, -0.2) is 17.4 Å². The molecular weight excluding hydrogens is 244 g/mol. The second kappa shape index (κ2) is 5.05. The predicted octanol–water partition coefficient (Wildman–Crippen LogP) is 2.78. The summed E-state index contributed by atoms with van der Waals surface area (Å²) in [6, 6.07) is 5.16. The number of ketones is 1. The Balaban J connectivity index is 3.05. The van der Waals surface area contributed by atoms with Gasteiger partial charge in [0.15, 0.2) is 5.78 Å². The summed E-state index contributed by atoms with van der Waals surface area (Å²) in [4.78, 5) is 22.1. The minimum absolute atomic E-state index is 0.0723. The van der Waals surface area contributed by atoms with Gasteiger partial charge < -0.3 is 0 Å². The highest BCUT2D eigenvalue weighted by Gasteiger charge is 2.08. The van der Waals surface area contributed by atoms with Crippen molar-refractivity contribution in [2.24, 2.45) is 0 Å². The fraction of sp³-hybridized carbons (Fsp3) is 0.273. The lowest BCUT2D eigenvalue weighted by Crippen LogP contribution is -2.03. The lowest BCUT2D eigenvalue weighted by molar-refractivity contribution is 0.0989. The molecule has 0 atom stereocenters. The monoisotopic (exact) mass is 254 g/mol. The van der Waals surface area contributed by atoms with Crippen molar-refractivity contribution in [1.82, 2.24) is 0 Å². The summed E-state index contributed by atoms with van der Waals surface area (Å²) in [6.07, 6.45) is 1.22. The van der Waals surface area contributed by atoms with Gasteiger partial charge in [0, 0.05) is 22.9 Å². The number of rotatable bonds is 4. The molecule has 2 nitrogen and oxygen atoms in total. The molecule has 0 N–H and O–H groups in total. The van der Waals surface area contributed by atoms with E-state index in [4.69, 9.17) is 0 Å². The molecule has 1 rings (SSSR count). The standard InChI is InChI=1S/C11H11BrO2/c1-8-2-3-9(7-13)6-10(8)11(14)4-5-12/h2-3,6-7H,4-5H2,1H3. The van der Waals surface area contributed by atoms with Gasteiger partial charge in [-0.1, -0.05) is 28.1 Å². The van der Waals surface area contributed by atoms with Gasteiger partial charge >= 0.3 is 0 Å². The van der Waals surface area contributed by atoms with E-state index < -0.39 is 0 Å². The Labute approximate surface area is 91.4 Å².